The van der Waals surface area contributed by atoms with E-state index >= 15 is 0 Å². The first kappa shape index (κ1) is 21.7. The summed E-state index contributed by atoms with van der Waals surface area (Å²) in [6.45, 7) is 0.767. The van der Waals surface area contributed by atoms with Crippen molar-refractivity contribution in [1.29, 1.82) is 0 Å². The van der Waals surface area contributed by atoms with Crippen LogP contribution in [0.25, 0.3) is 5.69 Å². The highest BCUT2D eigenvalue weighted by molar-refractivity contribution is 6.03. The Kier molecular flexibility index (Phi) is 6.61. The van der Waals surface area contributed by atoms with E-state index in [1.807, 2.05) is 24.3 Å². The number of nitro benzene ring substituents is 1. The van der Waals surface area contributed by atoms with Gasteiger partial charge in [0.2, 0.25) is 0 Å². The molecule has 1 aromatic heterocycles. The number of carbonyl (C=O) groups excluding carboxylic acids is 1. The van der Waals surface area contributed by atoms with Crippen LogP contribution in [-0.2, 0) is 6.54 Å². The van der Waals surface area contributed by atoms with Gasteiger partial charge >= 0.3 is 0 Å². The van der Waals surface area contributed by atoms with E-state index in [4.69, 9.17) is 0 Å². The molecule has 0 spiro atoms. The number of para-hydroxylation sites is 1. The number of non-ortho nitro benzene ring substituents is 1. The predicted molar refractivity (Wildman–Crippen MR) is 123 cm³/mol. The van der Waals surface area contributed by atoms with Gasteiger partial charge in [-0.05, 0) is 43.7 Å². The second-order valence-corrected chi connectivity index (χ2v) is 8.24. The van der Waals surface area contributed by atoms with Gasteiger partial charge in [-0.25, -0.2) is 4.68 Å². The van der Waals surface area contributed by atoms with Gasteiger partial charge < -0.3 is 5.32 Å². The Labute approximate surface area is 187 Å². The summed E-state index contributed by atoms with van der Waals surface area (Å²) in [5.41, 5.74) is 2.57. The van der Waals surface area contributed by atoms with Crippen molar-refractivity contribution in [2.45, 2.75) is 44.7 Å². The van der Waals surface area contributed by atoms with Gasteiger partial charge in [0.15, 0.2) is 5.69 Å². The number of hydrogen-bond acceptors (Lipinski definition) is 5. The molecule has 0 unspecified atom stereocenters. The number of anilines is 1. The third kappa shape index (κ3) is 5.03. The molecule has 8 heteroatoms. The van der Waals surface area contributed by atoms with Crippen molar-refractivity contribution in [2.75, 3.05) is 12.4 Å². The lowest BCUT2D eigenvalue weighted by Crippen LogP contribution is -2.33. The van der Waals surface area contributed by atoms with Gasteiger partial charge in [-0.1, -0.05) is 43.5 Å². The molecule has 8 nitrogen and oxygen atoms in total. The van der Waals surface area contributed by atoms with Gasteiger partial charge in [0.05, 0.1) is 10.6 Å². The molecule has 1 aliphatic rings. The van der Waals surface area contributed by atoms with Crippen LogP contribution in [-0.4, -0.2) is 38.6 Å². The Bertz CT molecular complexity index is 1100. The van der Waals surface area contributed by atoms with Crippen LogP contribution in [0.15, 0.2) is 60.8 Å². The van der Waals surface area contributed by atoms with E-state index in [-0.39, 0.29) is 17.3 Å². The SMILES string of the molecule is CN(Cc1ccccc1NC(=O)c1ccn(-c2cccc([N+](=O)[O-])c2)n1)C1CCCCC1. The van der Waals surface area contributed by atoms with E-state index in [2.05, 4.69) is 22.4 Å². The van der Waals surface area contributed by atoms with Crippen LogP contribution in [0.1, 0.15) is 48.2 Å². The summed E-state index contributed by atoms with van der Waals surface area (Å²) in [5, 5.41) is 18.3. The van der Waals surface area contributed by atoms with Crippen LogP contribution in [0.4, 0.5) is 11.4 Å². The Morgan fingerprint density at radius 3 is 2.72 bits per heavy atom. The number of aromatic nitrogens is 2. The van der Waals surface area contributed by atoms with E-state index in [1.54, 1.807) is 24.4 Å². The van der Waals surface area contributed by atoms with Gasteiger partial charge in [-0.15, -0.1) is 0 Å². The molecule has 2 aromatic carbocycles. The predicted octanol–water partition coefficient (Wildman–Crippen LogP) is 4.80. The molecule has 1 saturated carbocycles. The zero-order chi connectivity index (χ0) is 22.5. The Morgan fingerprint density at radius 2 is 1.94 bits per heavy atom. The standard InChI is InChI=1S/C24H27N5O3/c1-27(19-9-3-2-4-10-19)17-18-8-5-6-13-22(18)25-24(30)23-14-15-28(26-23)20-11-7-12-21(16-20)29(31)32/h5-8,11-16,19H,2-4,9-10,17H2,1H3,(H,25,30). The summed E-state index contributed by atoms with van der Waals surface area (Å²) < 4.78 is 1.46. The van der Waals surface area contributed by atoms with Gasteiger partial charge in [0.1, 0.15) is 0 Å². The van der Waals surface area contributed by atoms with Gasteiger partial charge in [0, 0.05) is 36.6 Å². The van der Waals surface area contributed by atoms with E-state index in [1.165, 1.54) is 48.9 Å². The van der Waals surface area contributed by atoms with Crippen molar-refractivity contribution >= 4 is 17.3 Å². The lowest BCUT2D eigenvalue weighted by atomic mass is 9.94. The first-order valence-electron chi connectivity index (χ1n) is 10.9. The summed E-state index contributed by atoms with van der Waals surface area (Å²) in [4.78, 5) is 25.8. The van der Waals surface area contributed by atoms with Crippen molar-refractivity contribution in [3.05, 3.63) is 82.2 Å². The van der Waals surface area contributed by atoms with Crippen molar-refractivity contribution in [3.8, 4) is 5.69 Å². The average Bonchev–Trinajstić information content (AvgIpc) is 3.31. The molecule has 1 aliphatic carbocycles. The van der Waals surface area contributed by atoms with Crippen LogP contribution in [0.5, 0.6) is 0 Å². The molecule has 0 atom stereocenters. The minimum absolute atomic E-state index is 0.0278. The number of nitrogens with one attached hydrogen (secondary N) is 1. The number of nitro groups is 1. The molecule has 0 aliphatic heterocycles. The zero-order valence-electron chi connectivity index (χ0n) is 18.1. The Morgan fingerprint density at radius 1 is 1.16 bits per heavy atom. The van der Waals surface area contributed by atoms with E-state index in [0.29, 0.717) is 11.7 Å². The fourth-order valence-electron chi connectivity index (χ4n) is 4.22. The van der Waals surface area contributed by atoms with Gasteiger partial charge in [-0.3, -0.25) is 19.8 Å². The fraction of sp³-hybridized carbons (Fsp3) is 0.333. The number of rotatable bonds is 7. The molecule has 166 valence electrons. The molecule has 0 bridgehead atoms. The fourth-order valence-corrected chi connectivity index (χ4v) is 4.22. The van der Waals surface area contributed by atoms with E-state index < -0.39 is 4.92 Å². The molecular formula is C24H27N5O3. The van der Waals surface area contributed by atoms with Gasteiger partial charge in [0.25, 0.3) is 11.6 Å². The highest BCUT2D eigenvalue weighted by atomic mass is 16.6. The third-order valence-corrected chi connectivity index (χ3v) is 6.01. The number of carbonyl (C=O) groups is 1. The maximum Gasteiger partial charge on any atom is 0.276 e. The largest absolute Gasteiger partial charge is 0.320 e. The van der Waals surface area contributed by atoms with Gasteiger partial charge in [-0.2, -0.15) is 5.10 Å². The Hall–Kier alpha value is -3.52. The van der Waals surface area contributed by atoms with Crippen molar-refractivity contribution in [1.82, 2.24) is 14.7 Å². The first-order valence-corrected chi connectivity index (χ1v) is 10.9. The molecule has 1 N–H and O–H groups in total. The maximum absolute atomic E-state index is 12.9. The quantitative estimate of drug-likeness (QED) is 0.427. The molecule has 1 fully saturated rings. The van der Waals surface area contributed by atoms with Crippen LogP contribution < -0.4 is 5.32 Å². The highest BCUT2D eigenvalue weighted by Gasteiger charge is 2.20. The van der Waals surface area contributed by atoms with Crippen LogP contribution in [0.2, 0.25) is 0 Å². The molecule has 1 amide bonds. The summed E-state index contributed by atoms with van der Waals surface area (Å²) in [5.74, 6) is -0.318. The topological polar surface area (TPSA) is 93.3 Å². The van der Waals surface area contributed by atoms with Crippen LogP contribution >= 0.6 is 0 Å². The number of hydrogen-bond donors (Lipinski definition) is 1. The number of nitrogens with zero attached hydrogens (tertiary/aromatic N) is 4. The number of benzene rings is 2. The van der Waals surface area contributed by atoms with E-state index in [0.717, 1.165) is 17.8 Å². The number of amides is 1. The normalized spacial score (nSPS) is 14.4. The Balaban J connectivity index is 1.47. The lowest BCUT2D eigenvalue weighted by molar-refractivity contribution is -0.384. The van der Waals surface area contributed by atoms with Crippen molar-refractivity contribution in [2.24, 2.45) is 0 Å². The van der Waals surface area contributed by atoms with Crippen LogP contribution in [0.3, 0.4) is 0 Å². The molecule has 1 heterocycles. The van der Waals surface area contributed by atoms with E-state index in [9.17, 15) is 14.9 Å². The zero-order valence-corrected chi connectivity index (χ0v) is 18.1. The minimum atomic E-state index is -0.456. The van der Waals surface area contributed by atoms with Crippen molar-refractivity contribution < 1.29 is 9.72 Å². The molecule has 0 radical (unpaired) electrons. The summed E-state index contributed by atoms with van der Waals surface area (Å²) >= 11 is 0. The smallest absolute Gasteiger partial charge is 0.276 e. The minimum Gasteiger partial charge on any atom is -0.320 e. The summed E-state index contributed by atoms with van der Waals surface area (Å²) in [6.07, 6.45) is 7.94. The maximum atomic E-state index is 12.9. The molecular weight excluding hydrogens is 406 g/mol. The molecule has 0 saturated heterocycles. The highest BCUT2D eigenvalue weighted by Crippen LogP contribution is 2.25. The second kappa shape index (κ2) is 9.74. The van der Waals surface area contributed by atoms with Crippen LogP contribution in [0, 0.1) is 10.1 Å². The summed E-state index contributed by atoms with van der Waals surface area (Å²) in [7, 11) is 2.15. The third-order valence-electron chi connectivity index (χ3n) is 6.01. The molecule has 4 rings (SSSR count). The molecule has 32 heavy (non-hydrogen) atoms. The average molecular weight is 434 g/mol. The van der Waals surface area contributed by atoms with Crippen molar-refractivity contribution in [3.63, 3.8) is 0 Å². The summed E-state index contributed by atoms with van der Waals surface area (Å²) in [6, 6.07) is 16.1. The second-order valence-electron chi connectivity index (χ2n) is 8.24. The first-order chi connectivity index (χ1) is 15.5. The molecule has 3 aromatic rings. The lowest BCUT2D eigenvalue weighted by Gasteiger charge is -2.31. The monoisotopic (exact) mass is 433 g/mol.